The molecule has 2 aliphatic heterocycles. The smallest absolute Gasteiger partial charge is 0.338 e. The minimum atomic E-state index is -3.86. The third kappa shape index (κ3) is 2.50. The number of carbonyl (C=O) groups is 2. The van der Waals surface area contributed by atoms with Crippen LogP contribution in [0.25, 0.3) is 0 Å². The third-order valence-corrected chi connectivity index (χ3v) is 6.95. The molecular formula is C16H19NO6S. The van der Waals surface area contributed by atoms with Crippen molar-refractivity contribution in [2.24, 2.45) is 5.92 Å². The molecule has 0 amide bonds. The van der Waals surface area contributed by atoms with Crippen molar-refractivity contribution in [3.8, 4) is 0 Å². The predicted molar refractivity (Wildman–Crippen MR) is 84.1 cm³/mol. The number of fused-ring (bicyclic) bond motifs is 2. The van der Waals surface area contributed by atoms with Gasteiger partial charge in [-0.25, -0.2) is 13.2 Å². The van der Waals surface area contributed by atoms with Gasteiger partial charge in [-0.1, -0.05) is 6.07 Å². The van der Waals surface area contributed by atoms with Crippen LogP contribution in [0.5, 0.6) is 0 Å². The van der Waals surface area contributed by atoms with Crippen molar-refractivity contribution >= 4 is 22.0 Å². The van der Waals surface area contributed by atoms with E-state index in [0.29, 0.717) is 24.8 Å². The van der Waals surface area contributed by atoms with Gasteiger partial charge in [0, 0.05) is 12.1 Å². The number of hydrogen-bond donors (Lipinski definition) is 1. The minimum absolute atomic E-state index is 0.00330. The lowest BCUT2D eigenvalue weighted by Gasteiger charge is -2.23. The zero-order valence-corrected chi connectivity index (χ0v) is 14.2. The average Bonchev–Trinajstić information content (AvgIpc) is 3.13. The summed E-state index contributed by atoms with van der Waals surface area (Å²) in [4.78, 5) is 23.2. The van der Waals surface area contributed by atoms with Gasteiger partial charge >= 0.3 is 11.9 Å². The topological polar surface area (TPSA) is 101 Å². The lowest BCUT2D eigenvalue weighted by molar-refractivity contribution is -0.142. The van der Waals surface area contributed by atoms with Gasteiger partial charge in [-0.15, -0.1) is 0 Å². The van der Waals surface area contributed by atoms with Gasteiger partial charge < -0.3 is 9.84 Å². The van der Waals surface area contributed by atoms with E-state index in [1.54, 1.807) is 13.0 Å². The Kier molecular flexibility index (Phi) is 4.13. The molecule has 3 unspecified atom stereocenters. The monoisotopic (exact) mass is 353 g/mol. The van der Waals surface area contributed by atoms with E-state index >= 15 is 0 Å². The quantitative estimate of drug-likeness (QED) is 0.821. The molecule has 3 atom stereocenters. The Hall–Kier alpha value is -1.93. The maximum absolute atomic E-state index is 13.0. The highest BCUT2D eigenvalue weighted by molar-refractivity contribution is 7.89. The zero-order valence-electron chi connectivity index (χ0n) is 13.4. The second-order valence-corrected chi connectivity index (χ2v) is 8.13. The van der Waals surface area contributed by atoms with Crippen LogP contribution in [0.4, 0.5) is 0 Å². The number of rotatable bonds is 4. The van der Waals surface area contributed by atoms with E-state index in [2.05, 4.69) is 4.74 Å². The second-order valence-electron chi connectivity index (χ2n) is 6.28. The van der Waals surface area contributed by atoms with E-state index in [1.807, 2.05) is 0 Å². The molecule has 7 nitrogen and oxygen atoms in total. The molecule has 2 saturated heterocycles. The lowest BCUT2D eigenvalue weighted by Crippen LogP contribution is -2.37. The van der Waals surface area contributed by atoms with Crippen LogP contribution in [0.15, 0.2) is 23.1 Å². The molecule has 2 heterocycles. The first-order valence-electron chi connectivity index (χ1n) is 7.72. The summed E-state index contributed by atoms with van der Waals surface area (Å²) in [7, 11) is -2.62. The molecule has 3 rings (SSSR count). The van der Waals surface area contributed by atoms with E-state index in [4.69, 9.17) is 0 Å². The van der Waals surface area contributed by atoms with Crippen molar-refractivity contribution in [1.29, 1.82) is 0 Å². The number of aliphatic carboxylic acids is 1. The van der Waals surface area contributed by atoms with Crippen LogP contribution in [-0.4, -0.2) is 49.0 Å². The summed E-state index contributed by atoms with van der Waals surface area (Å²) in [6, 6.07) is 3.52. The molecule has 24 heavy (non-hydrogen) atoms. The van der Waals surface area contributed by atoms with Crippen molar-refractivity contribution in [3.05, 3.63) is 29.3 Å². The molecule has 0 aromatic heterocycles. The Morgan fingerprint density at radius 2 is 2.00 bits per heavy atom. The summed E-state index contributed by atoms with van der Waals surface area (Å²) in [5.41, 5.74) is 0.813. The number of benzene rings is 1. The molecule has 8 heteroatoms. The summed E-state index contributed by atoms with van der Waals surface area (Å²) in [6.07, 6.45) is 1.56. The van der Waals surface area contributed by atoms with Crippen LogP contribution < -0.4 is 0 Å². The van der Waals surface area contributed by atoms with Crippen LogP contribution in [-0.2, 0) is 19.6 Å². The average molecular weight is 353 g/mol. The number of carboxylic acids is 1. The van der Waals surface area contributed by atoms with Gasteiger partial charge in [0.1, 0.15) is 0 Å². The second kappa shape index (κ2) is 5.86. The normalized spacial score (nSPS) is 26.5. The van der Waals surface area contributed by atoms with Crippen molar-refractivity contribution in [3.63, 3.8) is 0 Å². The number of carboxylic acid groups (broad SMARTS) is 1. The Morgan fingerprint density at radius 1 is 1.29 bits per heavy atom. The molecule has 0 saturated carbocycles. The maximum Gasteiger partial charge on any atom is 0.338 e. The number of hydrogen-bond acceptors (Lipinski definition) is 5. The summed E-state index contributed by atoms with van der Waals surface area (Å²) in [5, 5.41) is 9.29. The van der Waals surface area contributed by atoms with E-state index in [0.717, 1.165) is 0 Å². The fourth-order valence-electron chi connectivity index (χ4n) is 3.79. The molecule has 1 aromatic rings. The molecule has 0 radical (unpaired) electrons. The van der Waals surface area contributed by atoms with Gasteiger partial charge in [0.05, 0.1) is 23.5 Å². The van der Waals surface area contributed by atoms with Crippen LogP contribution in [0, 0.1) is 12.8 Å². The summed E-state index contributed by atoms with van der Waals surface area (Å²) in [5.74, 6) is -2.22. The van der Waals surface area contributed by atoms with Gasteiger partial charge in [-0.3, -0.25) is 4.79 Å². The fourth-order valence-corrected chi connectivity index (χ4v) is 5.73. The molecule has 2 bridgehead atoms. The molecule has 2 aliphatic rings. The number of ether oxygens (including phenoxy) is 1. The van der Waals surface area contributed by atoms with Crippen molar-refractivity contribution < 1.29 is 27.9 Å². The van der Waals surface area contributed by atoms with E-state index < -0.39 is 33.9 Å². The minimum Gasteiger partial charge on any atom is -0.481 e. The number of aryl methyl sites for hydroxylation is 1. The first-order chi connectivity index (χ1) is 11.3. The Balaban J connectivity index is 2.00. The largest absolute Gasteiger partial charge is 0.481 e. The molecule has 1 aromatic carbocycles. The summed E-state index contributed by atoms with van der Waals surface area (Å²) < 4.78 is 32.1. The van der Waals surface area contributed by atoms with E-state index in [9.17, 15) is 23.1 Å². The highest BCUT2D eigenvalue weighted by Crippen LogP contribution is 2.45. The number of nitrogens with zero attached hydrogens (tertiary/aromatic N) is 1. The van der Waals surface area contributed by atoms with Crippen molar-refractivity contribution in [2.45, 2.75) is 43.2 Å². The van der Waals surface area contributed by atoms with Crippen LogP contribution >= 0.6 is 0 Å². The number of sulfonamides is 1. The Labute approximate surface area is 140 Å². The van der Waals surface area contributed by atoms with Crippen molar-refractivity contribution in [1.82, 2.24) is 4.31 Å². The molecular weight excluding hydrogens is 334 g/mol. The van der Waals surface area contributed by atoms with Gasteiger partial charge in [0.15, 0.2) is 0 Å². The molecule has 0 spiro atoms. The van der Waals surface area contributed by atoms with E-state index in [1.165, 1.54) is 23.5 Å². The number of methoxy groups -OCH3 is 1. The fraction of sp³-hybridized carbons (Fsp3) is 0.500. The summed E-state index contributed by atoms with van der Waals surface area (Å²) in [6.45, 7) is 1.70. The molecule has 1 N–H and O–H groups in total. The van der Waals surface area contributed by atoms with E-state index in [-0.39, 0.29) is 16.5 Å². The van der Waals surface area contributed by atoms with Gasteiger partial charge in [-0.2, -0.15) is 4.31 Å². The van der Waals surface area contributed by atoms with Gasteiger partial charge in [0.25, 0.3) is 0 Å². The molecule has 0 aliphatic carbocycles. The highest BCUT2D eigenvalue weighted by atomic mass is 32.2. The highest BCUT2D eigenvalue weighted by Gasteiger charge is 2.54. The molecule has 130 valence electrons. The lowest BCUT2D eigenvalue weighted by atomic mass is 9.89. The SMILES string of the molecule is COC(=O)c1cc(S(=O)(=O)N2C3CCC2C(C(=O)O)C3)ccc1C. The van der Waals surface area contributed by atoms with Gasteiger partial charge in [-0.05, 0) is 43.9 Å². The Bertz CT molecular complexity index is 803. The Morgan fingerprint density at radius 3 is 2.58 bits per heavy atom. The number of carbonyl (C=O) groups excluding carboxylic acids is 1. The standard InChI is InChI=1S/C16H19NO6S/c1-9-3-5-11(8-12(9)16(20)23-2)24(21,22)17-10-4-6-14(17)13(7-10)15(18)19/h3,5,8,10,13-14H,4,6-7H2,1-2H3,(H,18,19). The van der Waals surface area contributed by atoms with Gasteiger partial charge in [0.2, 0.25) is 10.0 Å². The third-order valence-electron chi connectivity index (χ3n) is 4.98. The van der Waals surface area contributed by atoms with Crippen molar-refractivity contribution in [2.75, 3.05) is 7.11 Å². The zero-order chi connectivity index (χ0) is 17.6. The number of esters is 1. The molecule has 2 fully saturated rings. The first-order valence-corrected chi connectivity index (χ1v) is 9.16. The summed E-state index contributed by atoms with van der Waals surface area (Å²) >= 11 is 0. The van der Waals surface area contributed by atoms with Crippen LogP contribution in [0.3, 0.4) is 0 Å². The predicted octanol–water partition coefficient (Wildman–Crippen LogP) is 1.41. The maximum atomic E-state index is 13.0. The van der Waals surface area contributed by atoms with Crippen LogP contribution in [0.1, 0.15) is 35.2 Å². The van der Waals surface area contributed by atoms with Crippen LogP contribution in [0.2, 0.25) is 0 Å². The first kappa shape index (κ1) is 16.9.